The number of aromatic carboxylic acids is 1. The Morgan fingerprint density at radius 2 is 2.26 bits per heavy atom. The van der Waals surface area contributed by atoms with Crippen LogP contribution in [0.25, 0.3) is 17.1 Å². The van der Waals surface area contributed by atoms with Crippen LogP contribution in [0.3, 0.4) is 0 Å². The predicted molar refractivity (Wildman–Crippen MR) is 65.0 cm³/mol. The Morgan fingerprint density at radius 3 is 3.00 bits per heavy atom. The third kappa shape index (κ3) is 1.73. The van der Waals surface area contributed by atoms with E-state index in [1.807, 2.05) is 6.07 Å². The number of aromatic nitrogens is 2. The second-order valence-electron chi connectivity index (χ2n) is 3.86. The monoisotopic (exact) mass is 253 g/mol. The van der Waals surface area contributed by atoms with E-state index in [9.17, 15) is 4.79 Å². The van der Waals surface area contributed by atoms with E-state index >= 15 is 0 Å². The van der Waals surface area contributed by atoms with Crippen LogP contribution in [0.1, 0.15) is 16.1 Å². The number of carboxylic acids is 1. The van der Waals surface area contributed by atoms with Crippen LogP contribution in [0.2, 0.25) is 0 Å². The Hall–Kier alpha value is -3.07. The average Bonchev–Trinajstić information content (AvgIpc) is 3.03. The van der Waals surface area contributed by atoms with Crippen molar-refractivity contribution in [1.29, 1.82) is 5.26 Å². The van der Waals surface area contributed by atoms with E-state index in [1.165, 1.54) is 16.7 Å². The molecule has 3 aromatic rings. The lowest BCUT2D eigenvalue weighted by Crippen LogP contribution is -1.94. The summed E-state index contributed by atoms with van der Waals surface area (Å²) in [6.07, 6.45) is 1.65. The van der Waals surface area contributed by atoms with Gasteiger partial charge in [0.2, 0.25) is 0 Å². The van der Waals surface area contributed by atoms with E-state index < -0.39 is 5.97 Å². The predicted octanol–water partition coefficient (Wildman–Crippen LogP) is 2.19. The molecular weight excluding hydrogens is 246 g/mol. The molecule has 0 saturated heterocycles. The van der Waals surface area contributed by atoms with Crippen LogP contribution in [0.4, 0.5) is 0 Å². The van der Waals surface area contributed by atoms with E-state index in [-0.39, 0.29) is 11.6 Å². The van der Waals surface area contributed by atoms with Crippen molar-refractivity contribution in [2.45, 2.75) is 0 Å². The third-order valence-electron chi connectivity index (χ3n) is 2.69. The smallest absolute Gasteiger partial charge is 0.335 e. The molecule has 0 bridgehead atoms. The molecule has 92 valence electrons. The normalized spacial score (nSPS) is 10.5. The number of fused-ring (bicyclic) bond motifs is 1. The Kier molecular flexibility index (Phi) is 2.32. The van der Waals surface area contributed by atoms with Gasteiger partial charge in [-0.1, -0.05) is 0 Å². The number of benzene rings is 1. The number of oxazole rings is 1. The summed E-state index contributed by atoms with van der Waals surface area (Å²) in [5, 5.41) is 17.8. The summed E-state index contributed by atoms with van der Waals surface area (Å²) < 4.78 is 6.98. The maximum absolute atomic E-state index is 10.9. The fourth-order valence-electron chi connectivity index (χ4n) is 1.79. The lowest BCUT2D eigenvalue weighted by Gasteiger charge is -1.95. The molecule has 0 aliphatic rings. The molecule has 0 spiro atoms. The fraction of sp³-hybridized carbons (Fsp3) is 0. The molecule has 0 atom stereocenters. The molecule has 0 unspecified atom stereocenters. The summed E-state index contributed by atoms with van der Waals surface area (Å²) in [7, 11) is 0. The minimum absolute atomic E-state index is 0.128. The number of hydrogen-bond acceptors (Lipinski definition) is 4. The maximum Gasteiger partial charge on any atom is 0.335 e. The quantitative estimate of drug-likeness (QED) is 0.755. The molecular formula is C13H7N3O3. The molecule has 0 amide bonds. The topological polar surface area (TPSA) is 92.0 Å². The van der Waals surface area contributed by atoms with E-state index in [0.717, 1.165) is 0 Å². The van der Waals surface area contributed by atoms with Crippen molar-refractivity contribution in [3.8, 4) is 12.1 Å². The summed E-state index contributed by atoms with van der Waals surface area (Å²) in [4.78, 5) is 15.1. The molecule has 0 aliphatic carbocycles. The Balaban J connectivity index is 2.17. The van der Waals surface area contributed by atoms with E-state index in [2.05, 4.69) is 4.98 Å². The van der Waals surface area contributed by atoms with E-state index in [1.54, 1.807) is 24.4 Å². The second kappa shape index (κ2) is 3.99. The lowest BCUT2D eigenvalue weighted by atomic mass is 10.2. The third-order valence-corrected chi connectivity index (χ3v) is 2.69. The van der Waals surface area contributed by atoms with E-state index in [0.29, 0.717) is 16.8 Å². The largest absolute Gasteiger partial charge is 0.478 e. The number of nitriles is 1. The van der Waals surface area contributed by atoms with Gasteiger partial charge in [-0.3, -0.25) is 4.57 Å². The van der Waals surface area contributed by atoms with Gasteiger partial charge in [-0.15, -0.1) is 0 Å². The summed E-state index contributed by atoms with van der Waals surface area (Å²) in [6.45, 7) is 0. The van der Waals surface area contributed by atoms with Gasteiger partial charge in [-0.05, 0) is 30.3 Å². The minimum atomic E-state index is -1.03. The highest BCUT2D eigenvalue weighted by Gasteiger charge is 2.12. The lowest BCUT2D eigenvalue weighted by molar-refractivity contribution is 0.0697. The van der Waals surface area contributed by atoms with Gasteiger partial charge in [0.05, 0.1) is 5.56 Å². The molecule has 1 aromatic carbocycles. The van der Waals surface area contributed by atoms with Gasteiger partial charge in [-0.2, -0.15) is 10.2 Å². The van der Waals surface area contributed by atoms with Gasteiger partial charge in [0.15, 0.2) is 5.58 Å². The van der Waals surface area contributed by atoms with Crippen molar-refractivity contribution in [1.82, 2.24) is 9.55 Å². The first kappa shape index (κ1) is 11.0. The molecule has 2 heterocycles. The molecule has 0 aliphatic heterocycles. The summed E-state index contributed by atoms with van der Waals surface area (Å²) in [5.74, 6) is -1.03. The van der Waals surface area contributed by atoms with Gasteiger partial charge in [0.1, 0.15) is 17.3 Å². The van der Waals surface area contributed by atoms with Crippen LogP contribution in [0, 0.1) is 11.3 Å². The molecule has 0 radical (unpaired) electrons. The van der Waals surface area contributed by atoms with Gasteiger partial charge < -0.3 is 9.52 Å². The standard InChI is InChI=1S/C13H7N3O3/c14-7-9-2-1-5-16(9)13-15-10-4-3-8(12(17)18)6-11(10)19-13/h1-6H,(H,17,18). The maximum atomic E-state index is 10.9. The zero-order chi connectivity index (χ0) is 13.4. The zero-order valence-electron chi connectivity index (χ0n) is 9.57. The van der Waals surface area contributed by atoms with Crippen molar-refractivity contribution in [2.24, 2.45) is 0 Å². The molecule has 6 heteroatoms. The van der Waals surface area contributed by atoms with Gasteiger partial charge in [-0.25, -0.2) is 4.79 Å². The molecule has 2 aromatic heterocycles. The van der Waals surface area contributed by atoms with Crippen LogP contribution in [0.5, 0.6) is 0 Å². The number of hydrogen-bond donors (Lipinski definition) is 1. The highest BCUT2D eigenvalue weighted by Crippen LogP contribution is 2.21. The van der Waals surface area contributed by atoms with Crippen LogP contribution < -0.4 is 0 Å². The highest BCUT2D eigenvalue weighted by molar-refractivity contribution is 5.91. The second-order valence-corrected chi connectivity index (χ2v) is 3.86. The van der Waals surface area contributed by atoms with Gasteiger partial charge in [0, 0.05) is 6.20 Å². The molecule has 6 nitrogen and oxygen atoms in total. The Morgan fingerprint density at radius 1 is 1.42 bits per heavy atom. The van der Waals surface area contributed by atoms with Crippen LogP contribution >= 0.6 is 0 Å². The number of carbonyl (C=O) groups is 1. The first-order valence-electron chi connectivity index (χ1n) is 5.41. The van der Waals surface area contributed by atoms with Crippen molar-refractivity contribution in [3.63, 3.8) is 0 Å². The van der Waals surface area contributed by atoms with Crippen LogP contribution in [-0.2, 0) is 0 Å². The first-order chi connectivity index (χ1) is 9.19. The number of rotatable bonds is 2. The van der Waals surface area contributed by atoms with Crippen LogP contribution in [-0.4, -0.2) is 20.6 Å². The van der Waals surface area contributed by atoms with Crippen LogP contribution in [0.15, 0.2) is 40.9 Å². The molecule has 3 rings (SSSR count). The summed E-state index contributed by atoms with van der Waals surface area (Å²) >= 11 is 0. The van der Waals surface area contributed by atoms with Gasteiger partial charge in [0.25, 0.3) is 0 Å². The highest BCUT2D eigenvalue weighted by atomic mass is 16.4. The average molecular weight is 253 g/mol. The van der Waals surface area contributed by atoms with Crippen molar-refractivity contribution < 1.29 is 14.3 Å². The van der Waals surface area contributed by atoms with Crippen molar-refractivity contribution >= 4 is 17.1 Å². The van der Waals surface area contributed by atoms with Crippen molar-refractivity contribution in [2.75, 3.05) is 0 Å². The molecule has 0 saturated carbocycles. The summed E-state index contributed by atoms with van der Waals surface area (Å²) in [5.41, 5.74) is 1.43. The van der Waals surface area contributed by atoms with E-state index in [4.69, 9.17) is 14.8 Å². The van der Waals surface area contributed by atoms with Crippen molar-refractivity contribution in [3.05, 3.63) is 47.8 Å². The van der Waals surface area contributed by atoms with Gasteiger partial charge >= 0.3 is 12.0 Å². The number of nitrogens with zero attached hydrogens (tertiary/aromatic N) is 3. The molecule has 0 fully saturated rings. The fourth-order valence-corrected chi connectivity index (χ4v) is 1.79. The zero-order valence-corrected chi connectivity index (χ0v) is 9.57. The molecule has 19 heavy (non-hydrogen) atoms. The SMILES string of the molecule is N#Cc1cccn1-c1nc2ccc(C(=O)O)cc2o1. The summed E-state index contributed by atoms with van der Waals surface area (Å²) in [6, 6.07) is 10.0. The Labute approximate surface area is 107 Å². The Bertz CT molecular complexity index is 823. The number of carboxylic acid groups (broad SMARTS) is 1. The molecule has 1 N–H and O–H groups in total. The first-order valence-corrected chi connectivity index (χ1v) is 5.41. The minimum Gasteiger partial charge on any atom is -0.478 e.